The van der Waals surface area contributed by atoms with Crippen LogP contribution in [0, 0.1) is 5.92 Å². The Morgan fingerprint density at radius 2 is 1.68 bits per heavy atom. The normalized spacial score (nSPS) is 17.0. The SMILES string of the molecule is CCC(C)C(N)C(=O)Nc1ccc(C(=O)N2CCCCCC2)cc1.Cl. The Morgan fingerprint density at radius 3 is 2.20 bits per heavy atom. The number of nitrogens with zero attached hydrogens (tertiary/aromatic N) is 1. The average molecular weight is 368 g/mol. The van der Waals surface area contributed by atoms with Gasteiger partial charge in [-0.2, -0.15) is 0 Å². The molecule has 1 heterocycles. The Hall–Kier alpha value is -1.59. The van der Waals surface area contributed by atoms with E-state index >= 15 is 0 Å². The van der Waals surface area contributed by atoms with E-state index in [-0.39, 0.29) is 30.1 Å². The first kappa shape index (κ1) is 21.5. The lowest BCUT2D eigenvalue weighted by atomic mass is 9.99. The molecule has 5 nitrogen and oxygen atoms in total. The monoisotopic (exact) mass is 367 g/mol. The summed E-state index contributed by atoms with van der Waals surface area (Å²) in [6.45, 7) is 5.65. The Bertz CT molecular complexity index is 554. The van der Waals surface area contributed by atoms with Gasteiger partial charge >= 0.3 is 0 Å². The second-order valence-corrected chi connectivity index (χ2v) is 6.68. The fraction of sp³-hybridized carbons (Fsp3) is 0.579. The number of hydrogen-bond acceptors (Lipinski definition) is 3. The molecule has 1 aliphatic rings. The van der Waals surface area contributed by atoms with Crippen LogP contribution < -0.4 is 11.1 Å². The quantitative estimate of drug-likeness (QED) is 0.837. The van der Waals surface area contributed by atoms with Crippen LogP contribution in [0.3, 0.4) is 0 Å². The van der Waals surface area contributed by atoms with E-state index in [2.05, 4.69) is 5.32 Å². The molecule has 0 bridgehead atoms. The van der Waals surface area contributed by atoms with E-state index in [1.807, 2.05) is 18.7 Å². The molecule has 1 saturated heterocycles. The standard InChI is InChI=1S/C19H29N3O2.ClH/c1-3-14(2)17(20)18(23)21-16-10-8-15(9-11-16)19(24)22-12-6-4-5-7-13-22;/h8-11,14,17H,3-7,12-13,20H2,1-2H3,(H,21,23);1H. The van der Waals surface area contributed by atoms with Crippen molar-refractivity contribution >= 4 is 29.9 Å². The van der Waals surface area contributed by atoms with Crippen molar-refractivity contribution in [2.75, 3.05) is 18.4 Å². The van der Waals surface area contributed by atoms with E-state index in [0.29, 0.717) is 11.3 Å². The number of benzene rings is 1. The molecule has 0 aromatic heterocycles. The highest BCUT2D eigenvalue weighted by atomic mass is 35.5. The molecule has 2 atom stereocenters. The van der Waals surface area contributed by atoms with E-state index in [1.165, 1.54) is 12.8 Å². The maximum Gasteiger partial charge on any atom is 0.253 e. The van der Waals surface area contributed by atoms with E-state index in [1.54, 1.807) is 24.3 Å². The van der Waals surface area contributed by atoms with Crippen molar-refractivity contribution in [3.63, 3.8) is 0 Å². The number of anilines is 1. The van der Waals surface area contributed by atoms with Crippen LogP contribution in [0.4, 0.5) is 5.69 Å². The van der Waals surface area contributed by atoms with Crippen molar-refractivity contribution in [2.24, 2.45) is 11.7 Å². The fourth-order valence-corrected chi connectivity index (χ4v) is 2.89. The van der Waals surface area contributed by atoms with E-state index in [9.17, 15) is 9.59 Å². The van der Waals surface area contributed by atoms with Crippen LogP contribution in [0.25, 0.3) is 0 Å². The summed E-state index contributed by atoms with van der Waals surface area (Å²) in [5.41, 5.74) is 7.28. The molecule has 1 aromatic carbocycles. The smallest absolute Gasteiger partial charge is 0.253 e. The van der Waals surface area contributed by atoms with Gasteiger partial charge in [0.25, 0.3) is 5.91 Å². The molecule has 1 fully saturated rings. The number of nitrogens with one attached hydrogen (secondary N) is 1. The molecular formula is C19H30ClN3O2. The lowest BCUT2D eigenvalue weighted by Gasteiger charge is -2.20. The highest BCUT2D eigenvalue weighted by Crippen LogP contribution is 2.16. The van der Waals surface area contributed by atoms with Crippen LogP contribution in [-0.2, 0) is 4.79 Å². The first-order valence-corrected chi connectivity index (χ1v) is 8.98. The van der Waals surface area contributed by atoms with Crippen molar-refractivity contribution in [1.82, 2.24) is 4.90 Å². The minimum Gasteiger partial charge on any atom is -0.339 e. The van der Waals surface area contributed by atoms with E-state index < -0.39 is 6.04 Å². The molecule has 1 aromatic rings. The van der Waals surface area contributed by atoms with E-state index in [4.69, 9.17) is 5.73 Å². The second kappa shape index (κ2) is 10.4. The number of nitrogens with two attached hydrogens (primary N) is 1. The number of halogens is 1. The molecule has 2 rings (SSSR count). The van der Waals surface area contributed by atoms with Crippen LogP contribution in [-0.4, -0.2) is 35.8 Å². The first-order chi connectivity index (χ1) is 11.5. The molecule has 2 unspecified atom stereocenters. The van der Waals surface area contributed by atoms with Crippen LogP contribution in [0.1, 0.15) is 56.3 Å². The highest BCUT2D eigenvalue weighted by molar-refractivity contribution is 5.97. The molecule has 2 amide bonds. The minimum absolute atomic E-state index is 0. The van der Waals surface area contributed by atoms with Gasteiger partial charge in [0.15, 0.2) is 0 Å². The van der Waals surface area contributed by atoms with Gasteiger partial charge in [-0.15, -0.1) is 12.4 Å². The Morgan fingerprint density at radius 1 is 1.12 bits per heavy atom. The molecular weight excluding hydrogens is 338 g/mol. The zero-order chi connectivity index (χ0) is 17.5. The van der Waals surface area contributed by atoms with Gasteiger partial charge in [-0.25, -0.2) is 0 Å². The summed E-state index contributed by atoms with van der Waals surface area (Å²) in [7, 11) is 0. The molecule has 3 N–H and O–H groups in total. The van der Waals surface area contributed by atoms with Gasteiger partial charge in [0.1, 0.15) is 0 Å². The summed E-state index contributed by atoms with van der Waals surface area (Å²) in [6.07, 6.45) is 5.41. The molecule has 0 aliphatic carbocycles. The topological polar surface area (TPSA) is 75.4 Å². The first-order valence-electron chi connectivity index (χ1n) is 8.98. The van der Waals surface area contributed by atoms with Gasteiger partial charge in [-0.3, -0.25) is 9.59 Å². The summed E-state index contributed by atoms with van der Waals surface area (Å²) in [6, 6.07) is 6.57. The summed E-state index contributed by atoms with van der Waals surface area (Å²) in [5.74, 6) is 0.0240. The predicted octanol–water partition coefficient (Wildman–Crippen LogP) is 3.44. The van der Waals surface area contributed by atoms with Gasteiger partial charge in [-0.05, 0) is 43.0 Å². The van der Waals surface area contributed by atoms with Crippen molar-refractivity contribution in [3.8, 4) is 0 Å². The third kappa shape index (κ3) is 6.01. The number of rotatable bonds is 5. The summed E-state index contributed by atoms with van der Waals surface area (Å²) in [5, 5.41) is 2.82. The predicted molar refractivity (Wildman–Crippen MR) is 104 cm³/mol. The van der Waals surface area contributed by atoms with Crippen molar-refractivity contribution in [2.45, 2.75) is 52.0 Å². The fourth-order valence-electron chi connectivity index (χ4n) is 2.89. The summed E-state index contributed by atoms with van der Waals surface area (Å²) < 4.78 is 0. The lowest BCUT2D eigenvalue weighted by molar-refractivity contribution is -0.118. The van der Waals surface area contributed by atoms with Crippen LogP contribution in [0.5, 0.6) is 0 Å². The van der Waals surface area contributed by atoms with Gasteiger partial charge in [0, 0.05) is 24.3 Å². The maximum absolute atomic E-state index is 12.5. The number of amides is 2. The van der Waals surface area contributed by atoms with Crippen LogP contribution >= 0.6 is 12.4 Å². The third-order valence-electron chi connectivity index (χ3n) is 4.85. The summed E-state index contributed by atoms with van der Waals surface area (Å²) in [4.78, 5) is 26.6. The summed E-state index contributed by atoms with van der Waals surface area (Å²) >= 11 is 0. The highest BCUT2D eigenvalue weighted by Gasteiger charge is 2.20. The molecule has 0 saturated carbocycles. The van der Waals surface area contributed by atoms with Gasteiger partial charge in [0.05, 0.1) is 6.04 Å². The average Bonchev–Trinajstić information content (AvgIpc) is 2.89. The zero-order valence-electron chi connectivity index (χ0n) is 15.2. The maximum atomic E-state index is 12.5. The Labute approximate surface area is 156 Å². The van der Waals surface area contributed by atoms with Gasteiger partial charge in [0.2, 0.25) is 5.91 Å². The number of hydrogen-bond donors (Lipinski definition) is 2. The van der Waals surface area contributed by atoms with Crippen molar-refractivity contribution in [3.05, 3.63) is 29.8 Å². The van der Waals surface area contributed by atoms with Crippen molar-refractivity contribution < 1.29 is 9.59 Å². The van der Waals surface area contributed by atoms with Gasteiger partial charge in [-0.1, -0.05) is 33.1 Å². The van der Waals surface area contributed by atoms with Crippen LogP contribution in [0.2, 0.25) is 0 Å². The molecule has 1 aliphatic heterocycles. The molecule has 140 valence electrons. The molecule has 25 heavy (non-hydrogen) atoms. The lowest BCUT2D eigenvalue weighted by Crippen LogP contribution is -2.40. The number of carbonyl (C=O) groups is 2. The zero-order valence-corrected chi connectivity index (χ0v) is 16.0. The number of likely N-dealkylation sites (tertiary alicyclic amines) is 1. The molecule has 0 spiro atoms. The molecule has 6 heteroatoms. The second-order valence-electron chi connectivity index (χ2n) is 6.68. The van der Waals surface area contributed by atoms with Crippen LogP contribution in [0.15, 0.2) is 24.3 Å². The Balaban J connectivity index is 0.00000312. The minimum atomic E-state index is -0.520. The molecule has 0 radical (unpaired) electrons. The Kier molecular flexibility index (Phi) is 8.93. The largest absolute Gasteiger partial charge is 0.339 e. The number of carbonyl (C=O) groups excluding carboxylic acids is 2. The van der Waals surface area contributed by atoms with E-state index in [0.717, 1.165) is 32.4 Å². The van der Waals surface area contributed by atoms with Crippen molar-refractivity contribution in [1.29, 1.82) is 0 Å². The van der Waals surface area contributed by atoms with Gasteiger partial charge < -0.3 is 16.0 Å². The third-order valence-corrected chi connectivity index (χ3v) is 4.85.